The van der Waals surface area contributed by atoms with Crippen LogP contribution in [-0.2, 0) is 211 Å². The van der Waals surface area contributed by atoms with E-state index in [-0.39, 0.29) is 204 Å². The van der Waals surface area contributed by atoms with Gasteiger partial charge in [-0.1, -0.05) is 32.9 Å². The molecule has 5 rings (SSSR count). The van der Waals surface area contributed by atoms with E-state index >= 15 is 0 Å². The van der Waals surface area contributed by atoms with Crippen molar-refractivity contribution in [3.8, 4) is 0 Å². The van der Waals surface area contributed by atoms with Crippen molar-refractivity contribution in [3.63, 3.8) is 0 Å². The molecule has 427 valence electrons. The van der Waals surface area contributed by atoms with E-state index in [1.807, 2.05) is 37.7 Å². The van der Waals surface area contributed by atoms with Crippen LogP contribution in [0.2, 0.25) is 0 Å². The van der Waals surface area contributed by atoms with Crippen LogP contribution in [-0.4, -0.2) is 152 Å². The maximum absolute atomic E-state index is 12.2. The zero-order chi connectivity index (χ0) is 54.1. The molecule has 5 unspecified atom stereocenters. The fourth-order valence-corrected chi connectivity index (χ4v) is 10.2. The van der Waals surface area contributed by atoms with Crippen molar-refractivity contribution in [2.45, 2.75) is 147 Å². The molecule has 5 aliphatic rings. The van der Waals surface area contributed by atoms with Crippen molar-refractivity contribution in [2.75, 3.05) is 74.8 Å². The van der Waals surface area contributed by atoms with Crippen molar-refractivity contribution in [2.24, 2.45) is 17.8 Å². The second-order valence-electron chi connectivity index (χ2n) is 19.8. The van der Waals surface area contributed by atoms with Crippen LogP contribution < -0.4 is 0 Å². The Morgan fingerprint density at radius 3 is 1.27 bits per heavy atom. The van der Waals surface area contributed by atoms with Crippen LogP contribution in [0.1, 0.15) is 124 Å². The zero-order valence-corrected chi connectivity index (χ0v) is 62.9. The van der Waals surface area contributed by atoms with E-state index in [0.29, 0.717) is 29.8 Å². The fraction of sp³-hybridized carbons (Fsp3) is 0.649. The number of nitrogens with zero attached hydrogens (tertiary/aromatic N) is 5. The number of amides is 5. The number of rotatable bonds is 20. The molecule has 5 aliphatic heterocycles. The molecule has 0 aromatic rings. The summed E-state index contributed by atoms with van der Waals surface area (Å²) in [6.45, 7) is 40.2. The molecule has 0 aromatic carbocycles. The molecule has 5 saturated heterocycles. The van der Waals surface area contributed by atoms with Crippen LogP contribution in [0.25, 0.3) is 0 Å². The Balaban J connectivity index is -0.000000277. The first-order valence-electron chi connectivity index (χ1n) is 25.8. The Kier molecular flexibility index (Phi) is 57.3. The first-order valence-corrected chi connectivity index (χ1v) is 25.8. The van der Waals surface area contributed by atoms with Crippen molar-refractivity contribution >= 4 is 29.5 Å². The van der Waals surface area contributed by atoms with Crippen molar-refractivity contribution in [1.29, 1.82) is 0 Å². The normalized spacial score (nSPS) is 21.5. The van der Waals surface area contributed by atoms with Gasteiger partial charge in [-0.2, -0.15) is 19.3 Å². The van der Waals surface area contributed by atoms with Gasteiger partial charge in [0, 0.05) is 226 Å². The predicted molar refractivity (Wildman–Crippen MR) is 286 cm³/mol. The van der Waals surface area contributed by atoms with Crippen LogP contribution in [0, 0.1) is 50.8 Å². The number of methoxy groups -OCH3 is 5. The summed E-state index contributed by atoms with van der Waals surface area (Å²) in [5, 5.41) is 0. The average molecular weight is 1450 g/mol. The van der Waals surface area contributed by atoms with Crippen LogP contribution in [0.4, 0.5) is 0 Å². The van der Waals surface area contributed by atoms with Crippen molar-refractivity contribution in [3.05, 3.63) is 96.3 Å². The Hall–Kier alpha value is 1.37. The largest absolute Gasteiger partial charge is 0.554 e. The van der Waals surface area contributed by atoms with Crippen LogP contribution in [0.3, 0.4) is 0 Å². The maximum Gasteiger partial charge on any atom is 0.246 e. The number of likely N-dealkylation sites (tertiary alicyclic amines) is 5. The third kappa shape index (κ3) is 33.0. The summed E-state index contributed by atoms with van der Waals surface area (Å²) >= 11 is 0. The van der Waals surface area contributed by atoms with Gasteiger partial charge in [0.2, 0.25) is 29.5 Å². The van der Waals surface area contributed by atoms with Gasteiger partial charge in [-0.3, -0.25) is 24.0 Å². The fourth-order valence-electron chi connectivity index (χ4n) is 10.2. The van der Waals surface area contributed by atoms with Gasteiger partial charge in [-0.15, -0.1) is 12.8 Å². The molecule has 0 spiro atoms. The number of carbonyl (C=O) groups excluding carboxylic acids is 5. The summed E-state index contributed by atoms with van der Waals surface area (Å²) in [5.74, 6) is 1.72. The second-order valence-corrected chi connectivity index (χ2v) is 19.8. The molecule has 5 amide bonds. The van der Waals surface area contributed by atoms with Gasteiger partial charge in [-0.05, 0) is 176 Å². The van der Waals surface area contributed by atoms with E-state index in [1.165, 1.54) is 43.2 Å². The molecular weight excluding hydrogens is 1360 g/mol. The van der Waals surface area contributed by atoms with E-state index in [9.17, 15) is 24.0 Å². The van der Waals surface area contributed by atoms with E-state index in [2.05, 4.69) is 60.6 Å². The Labute approximate surface area is 593 Å². The van der Waals surface area contributed by atoms with Crippen LogP contribution in [0.15, 0.2) is 63.3 Å². The monoisotopic (exact) mass is 1450 g/mol. The minimum Gasteiger partial charge on any atom is -0.554 e. The van der Waals surface area contributed by atoms with Gasteiger partial charge in [-0.25, -0.2) is 33.0 Å². The molecule has 5 radical (unpaired) electrons. The molecule has 77 heavy (non-hydrogen) atoms. The van der Waals surface area contributed by atoms with Crippen LogP contribution in [0.5, 0.6) is 0 Å². The third-order valence-electron chi connectivity index (χ3n) is 14.2. The Morgan fingerprint density at radius 1 is 0.455 bits per heavy atom. The summed E-state index contributed by atoms with van der Waals surface area (Å²) in [6.07, 6.45) is 22.3. The summed E-state index contributed by atoms with van der Waals surface area (Å²) in [7, 11) is 8.26. The van der Waals surface area contributed by atoms with Gasteiger partial charge in [0.15, 0.2) is 0 Å². The number of ether oxygens (including phenoxy) is 5. The van der Waals surface area contributed by atoms with Crippen LogP contribution >= 0.6 is 0 Å². The first kappa shape index (κ1) is 87.1. The Bertz CT molecular complexity index is 1680. The number of hydrogen-bond acceptors (Lipinski definition) is 10. The molecule has 20 heteroatoms. The van der Waals surface area contributed by atoms with E-state index in [0.717, 1.165) is 123 Å². The van der Waals surface area contributed by atoms with Crippen molar-refractivity contribution in [1.82, 2.24) is 24.5 Å². The Morgan fingerprint density at radius 2 is 0.831 bits per heavy atom. The van der Waals surface area contributed by atoms with E-state index in [4.69, 9.17) is 23.7 Å². The third-order valence-corrected chi connectivity index (χ3v) is 14.2. The summed E-state index contributed by atoms with van der Waals surface area (Å²) in [6, 6.07) is 0.611. The molecule has 0 aliphatic carbocycles. The number of hydrogen-bond donors (Lipinski definition) is 0. The molecule has 0 saturated carbocycles. The summed E-state index contributed by atoms with van der Waals surface area (Å²) in [5.41, 5.74) is -0.291. The zero-order valence-electron chi connectivity index (χ0n) is 48.8. The van der Waals surface area contributed by atoms with E-state index < -0.39 is 0 Å². The maximum atomic E-state index is 12.2. The van der Waals surface area contributed by atoms with E-state index in [1.54, 1.807) is 55.4 Å². The van der Waals surface area contributed by atoms with Gasteiger partial charge < -0.3 is 48.2 Å². The number of piperidine rings is 3. The SMILES string of the molecule is C=CC(=O)N1C(C)(C)CCC(C[CH-]OC)C1(C)C.C=CC(=O)N1CCC(C[CH-]OC)C1.C=CC(=O)N1CCCC(C[CH-]OC)C1.C=CC(=O)N1CCCC1C[CH-]OC.C=CC(=O)N1CCCCC1C[CH-]OC.[Y].[Y].[Y].[Y].[Y]. The average Bonchev–Trinajstić information content (AvgIpc) is 4.08. The number of carbonyl (C=O) groups is 5. The quantitative estimate of drug-likeness (QED) is 0.0855. The summed E-state index contributed by atoms with van der Waals surface area (Å²) in [4.78, 5) is 67.0. The van der Waals surface area contributed by atoms with Gasteiger partial charge >= 0.3 is 0 Å². The smallest absolute Gasteiger partial charge is 0.246 e. The molecular formula is C57H94N5O10Y5-5. The minimum atomic E-state index is -0.179. The molecule has 0 bridgehead atoms. The van der Waals surface area contributed by atoms with Gasteiger partial charge in [0.05, 0.1) is 0 Å². The molecule has 5 heterocycles. The standard InChI is InChI=1S/C15H26NO2.2C11H18NO2.2C10H16NO2.5Y/c1-7-13(17)16-14(2,3)10-8-12(9-11-18-6)15(16,4)5;1-3-11(13)12-7-4-5-10(9-12)6-8-14-2;1-3-11(13)12-8-5-4-6-10(12)7-9-14-2;1-3-10(12)11-6-4-9(8-11)5-7-13-2;1-3-10(12)11-7-4-5-9(11)6-8-13-2;;;;;/h7,11-12H,1,8-10H2,2-6H3;3,8,10H,1,4-7,9H2,2H3;3,9-10H,1,4-8H2,2H3;3,7,9H,1,4-6,8H2,2H3;3,8-9H,1,4-7H2,2H3;;;;;/q5*-1;;;;;. The van der Waals surface area contributed by atoms with Gasteiger partial charge in [0.25, 0.3) is 0 Å². The minimum absolute atomic E-state index is 0. The summed E-state index contributed by atoms with van der Waals surface area (Å²) < 4.78 is 24.7. The molecule has 5 atom stereocenters. The second kappa shape index (κ2) is 50.7. The molecule has 0 N–H and O–H groups in total. The molecule has 0 aromatic heterocycles. The molecule has 5 fully saturated rings. The topological polar surface area (TPSA) is 148 Å². The first-order chi connectivity index (χ1) is 34.4. The molecule has 15 nitrogen and oxygen atoms in total. The predicted octanol–water partition coefficient (Wildman–Crippen LogP) is 9.10. The van der Waals surface area contributed by atoms with Crippen molar-refractivity contribution < 1.29 is 211 Å². The van der Waals surface area contributed by atoms with Gasteiger partial charge in [0.1, 0.15) is 0 Å².